The van der Waals surface area contributed by atoms with Gasteiger partial charge in [-0.05, 0) is 59.2 Å². The highest BCUT2D eigenvalue weighted by atomic mass is 35.5. The van der Waals surface area contributed by atoms with Gasteiger partial charge in [0.15, 0.2) is 5.78 Å². The van der Waals surface area contributed by atoms with E-state index in [1.807, 2.05) is 36.4 Å². The Morgan fingerprint density at radius 3 is 2.29 bits per heavy atom. The van der Waals surface area contributed by atoms with Crippen LogP contribution in [-0.4, -0.2) is 18.8 Å². The van der Waals surface area contributed by atoms with Gasteiger partial charge in [-0.25, -0.2) is 0 Å². The van der Waals surface area contributed by atoms with E-state index >= 15 is 0 Å². The Balaban J connectivity index is 1.67. The van der Waals surface area contributed by atoms with Gasteiger partial charge in [0, 0.05) is 5.02 Å². The summed E-state index contributed by atoms with van der Waals surface area (Å²) in [5, 5.41) is 2.77. The molecule has 4 aromatic rings. The molecule has 1 heterocycles. The molecule has 34 heavy (non-hydrogen) atoms. The topological polar surface area (TPSA) is 46.6 Å². The van der Waals surface area contributed by atoms with Gasteiger partial charge in [-0.15, -0.1) is 0 Å². The lowest BCUT2D eigenvalue weighted by Crippen LogP contribution is -2.54. The molecule has 5 rings (SSSR count). The second kappa shape index (κ2) is 8.46. The van der Waals surface area contributed by atoms with E-state index in [-0.39, 0.29) is 23.3 Å². The van der Waals surface area contributed by atoms with E-state index in [1.54, 1.807) is 49.3 Å². The third kappa shape index (κ3) is 3.54. The monoisotopic (exact) mass is 489 g/mol. The standard InChI is InChI=1S/C28H21Cl2NO3/c1-28(20-9-11-22(34-2)12-10-20)26(32)25-23(30)14-21(29)15-24(25)31(27(28)33)16-17-7-8-18-5-3-4-6-19(18)13-17/h3-15H,16H2,1-2H3. The first-order valence-electron chi connectivity index (χ1n) is 10.8. The third-order valence-electron chi connectivity index (χ3n) is 6.50. The molecule has 170 valence electrons. The number of halogens is 2. The predicted octanol–water partition coefficient (Wildman–Crippen LogP) is 6.84. The summed E-state index contributed by atoms with van der Waals surface area (Å²) in [6.45, 7) is 1.92. The van der Waals surface area contributed by atoms with Crippen LogP contribution in [0.3, 0.4) is 0 Å². The maximum absolute atomic E-state index is 14.1. The molecule has 0 fully saturated rings. The number of anilines is 1. The summed E-state index contributed by atoms with van der Waals surface area (Å²) in [5.41, 5.74) is 0.772. The maximum Gasteiger partial charge on any atom is 0.245 e. The van der Waals surface area contributed by atoms with E-state index in [0.717, 1.165) is 16.3 Å². The summed E-state index contributed by atoms with van der Waals surface area (Å²) in [6, 6.07) is 24.3. The van der Waals surface area contributed by atoms with Crippen molar-refractivity contribution in [1.82, 2.24) is 0 Å². The predicted molar refractivity (Wildman–Crippen MR) is 136 cm³/mol. The molecular formula is C28H21Cl2NO3. The molecule has 0 saturated carbocycles. The van der Waals surface area contributed by atoms with Gasteiger partial charge in [0.05, 0.1) is 29.9 Å². The summed E-state index contributed by atoms with van der Waals surface area (Å²) in [7, 11) is 1.57. The molecule has 6 heteroatoms. The zero-order valence-corrected chi connectivity index (χ0v) is 20.2. The van der Waals surface area contributed by atoms with E-state index in [2.05, 4.69) is 6.07 Å². The van der Waals surface area contributed by atoms with Crippen LogP contribution in [-0.2, 0) is 16.8 Å². The molecular weight excluding hydrogens is 469 g/mol. The number of amides is 1. The second-order valence-electron chi connectivity index (χ2n) is 8.54. The highest BCUT2D eigenvalue weighted by molar-refractivity contribution is 6.41. The normalized spacial score (nSPS) is 17.7. The Hall–Kier alpha value is -3.34. The van der Waals surface area contributed by atoms with Crippen LogP contribution in [0.1, 0.15) is 28.4 Å². The smallest absolute Gasteiger partial charge is 0.245 e. The fraction of sp³-hybridized carbons (Fsp3) is 0.143. The van der Waals surface area contributed by atoms with Crippen LogP contribution in [0.25, 0.3) is 10.8 Å². The van der Waals surface area contributed by atoms with Gasteiger partial charge < -0.3 is 9.64 Å². The number of carbonyl (C=O) groups excluding carboxylic acids is 2. The molecule has 1 unspecified atom stereocenters. The zero-order chi connectivity index (χ0) is 24.0. The van der Waals surface area contributed by atoms with Crippen molar-refractivity contribution in [3.8, 4) is 5.75 Å². The average molecular weight is 490 g/mol. The first-order chi connectivity index (χ1) is 16.3. The quantitative estimate of drug-likeness (QED) is 0.294. The van der Waals surface area contributed by atoms with Gasteiger partial charge in [-0.3, -0.25) is 9.59 Å². The largest absolute Gasteiger partial charge is 0.497 e. The van der Waals surface area contributed by atoms with E-state index in [1.165, 1.54) is 6.07 Å². The van der Waals surface area contributed by atoms with Gasteiger partial charge >= 0.3 is 0 Å². The number of carbonyl (C=O) groups is 2. The van der Waals surface area contributed by atoms with Crippen LogP contribution in [0.4, 0.5) is 5.69 Å². The molecule has 1 aliphatic rings. The van der Waals surface area contributed by atoms with Gasteiger partial charge in [0.25, 0.3) is 0 Å². The van der Waals surface area contributed by atoms with Crippen LogP contribution >= 0.6 is 23.2 Å². The van der Waals surface area contributed by atoms with Crippen LogP contribution < -0.4 is 9.64 Å². The minimum Gasteiger partial charge on any atom is -0.497 e. The lowest BCUT2D eigenvalue weighted by molar-refractivity contribution is -0.122. The Morgan fingerprint density at radius 1 is 0.882 bits per heavy atom. The number of nitrogens with zero attached hydrogens (tertiary/aromatic N) is 1. The van der Waals surface area contributed by atoms with Crippen LogP contribution in [0.2, 0.25) is 10.0 Å². The summed E-state index contributed by atoms with van der Waals surface area (Å²) in [5.74, 6) is -0.0444. The SMILES string of the molecule is COc1ccc(C2(C)C(=O)c3c(Cl)cc(Cl)cc3N(Cc3ccc4ccccc4c3)C2=O)cc1. The van der Waals surface area contributed by atoms with Gasteiger partial charge in [-0.1, -0.05) is 71.7 Å². The fourth-order valence-corrected chi connectivity index (χ4v) is 5.15. The Morgan fingerprint density at radius 2 is 1.59 bits per heavy atom. The van der Waals surface area contributed by atoms with Crippen molar-refractivity contribution in [2.24, 2.45) is 0 Å². The van der Waals surface area contributed by atoms with Gasteiger partial charge in [0.2, 0.25) is 5.91 Å². The lowest BCUT2D eigenvalue weighted by atomic mass is 9.72. The van der Waals surface area contributed by atoms with Crippen molar-refractivity contribution in [1.29, 1.82) is 0 Å². The minimum absolute atomic E-state index is 0.225. The molecule has 0 spiro atoms. The van der Waals surface area contributed by atoms with Crippen molar-refractivity contribution in [3.63, 3.8) is 0 Å². The van der Waals surface area contributed by atoms with Crippen molar-refractivity contribution in [3.05, 3.63) is 106 Å². The molecule has 0 aliphatic carbocycles. The summed E-state index contributed by atoms with van der Waals surface area (Å²) in [4.78, 5) is 29.5. The third-order valence-corrected chi connectivity index (χ3v) is 7.02. The molecule has 1 amide bonds. The number of methoxy groups -OCH3 is 1. The number of Topliss-reactive ketones (excluding diaryl/α,β-unsaturated/α-hetero) is 1. The number of ether oxygens (including phenoxy) is 1. The number of hydrogen-bond acceptors (Lipinski definition) is 3. The molecule has 0 aromatic heterocycles. The van der Waals surface area contributed by atoms with Crippen molar-refractivity contribution in [2.75, 3.05) is 12.0 Å². The van der Waals surface area contributed by atoms with Crippen LogP contribution in [0, 0.1) is 0 Å². The Kier molecular flexibility index (Phi) is 5.59. The van der Waals surface area contributed by atoms with Crippen LogP contribution in [0.5, 0.6) is 5.75 Å². The molecule has 4 aromatic carbocycles. The number of hydrogen-bond donors (Lipinski definition) is 0. The molecule has 0 bridgehead atoms. The van der Waals surface area contributed by atoms with E-state index in [9.17, 15) is 9.59 Å². The molecule has 0 saturated heterocycles. The van der Waals surface area contributed by atoms with Crippen molar-refractivity contribution < 1.29 is 14.3 Å². The summed E-state index contributed by atoms with van der Waals surface area (Å²) < 4.78 is 5.25. The second-order valence-corrected chi connectivity index (χ2v) is 9.38. The average Bonchev–Trinajstić information content (AvgIpc) is 2.84. The highest BCUT2D eigenvalue weighted by Crippen LogP contribution is 2.44. The van der Waals surface area contributed by atoms with E-state index < -0.39 is 5.41 Å². The lowest BCUT2D eigenvalue weighted by Gasteiger charge is -2.40. The fourth-order valence-electron chi connectivity index (χ4n) is 4.58. The Bertz CT molecular complexity index is 1450. The molecule has 1 atom stereocenters. The van der Waals surface area contributed by atoms with Crippen molar-refractivity contribution in [2.45, 2.75) is 18.9 Å². The van der Waals surface area contributed by atoms with Gasteiger partial charge in [0.1, 0.15) is 11.2 Å². The van der Waals surface area contributed by atoms with E-state index in [0.29, 0.717) is 27.6 Å². The number of benzene rings is 4. The van der Waals surface area contributed by atoms with E-state index in [4.69, 9.17) is 27.9 Å². The Labute approximate surface area is 207 Å². The number of fused-ring (bicyclic) bond motifs is 2. The summed E-state index contributed by atoms with van der Waals surface area (Å²) in [6.07, 6.45) is 0. The number of rotatable bonds is 4. The molecule has 4 nitrogen and oxygen atoms in total. The highest BCUT2D eigenvalue weighted by Gasteiger charge is 2.51. The first kappa shape index (κ1) is 22.5. The zero-order valence-electron chi connectivity index (χ0n) is 18.6. The van der Waals surface area contributed by atoms with Gasteiger partial charge in [-0.2, -0.15) is 0 Å². The summed E-state index contributed by atoms with van der Waals surface area (Å²) >= 11 is 12.8. The number of ketones is 1. The van der Waals surface area contributed by atoms with Crippen molar-refractivity contribution >= 4 is 51.4 Å². The first-order valence-corrected chi connectivity index (χ1v) is 11.6. The minimum atomic E-state index is -1.45. The molecule has 1 aliphatic heterocycles. The molecule has 0 N–H and O–H groups in total. The molecule has 0 radical (unpaired) electrons. The van der Waals surface area contributed by atoms with Crippen LogP contribution in [0.15, 0.2) is 78.9 Å². The maximum atomic E-state index is 14.1.